The summed E-state index contributed by atoms with van der Waals surface area (Å²) < 4.78 is 0. The second-order valence-electron chi connectivity index (χ2n) is 2.73. The maximum atomic E-state index is 5.89. The molecule has 0 aliphatic heterocycles. The first-order chi connectivity index (χ1) is 5.79. The van der Waals surface area contributed by atoms with E-state index in [4.69, 9.17) is 5.73 Å². The van der Waals surface area contributed by atoms with Crippen molar-refractivity contribution in [1.82, 2.24) is 0 Å². The van der Waals surface area contributed by atoms with Crippen LogP contribution in [0.4, 0.5) is 5.69 Å². The molecule has 0 radical (unpaired) electrons. The molecule has 0 atom stereocenters. The van der Waals surface area contributed by atoms with Gasteiger partial charge in [-0.25, -0.2) is 0 Å². The van der Waals surface area contributed by atoms with Crippen LogP contribution >= 0.6 is 7.92 Å². The molecule has 0 spiro atoms. The zero-order chi connectivity index (χ0) is 8.97. The lowest BCUT2D eigenvalue weighted by Gasteiger charge is -2.15. The van der Waals surface area contributed by atoms with Crippen LogP contribution in [0.3, 0.4) is 0 Å². The molecular formula is C10H16NP. The van der Waals surface area contributed by atoms with Gasteiger partial charge in [-0.1, -0.05) is 40.0 Å². The molecule has 1 aromatic carbocycles. The predicted octanol–water partition coefficient (Wildman–Crippen LogP) is 2.42. The summed E-state index contributed by atoms with van der Waals surface area (Å²) in [4.78, 5) is 0. The molecule has 0 amide bonds. The monoisotopic (exact) mass is 181 g/mol. The number of benzene rings is 1. The third-order valence-electron chi connectivity index (χ3n) is 2.04. The molecule has 2 heteroatoms. The lowest BCUT2D eigenvalue weighted by atomic mass is 10.3. The van der Waals surface area contributed by atoms with E-state index in [0.29, 0.717) is 0 Å². The number of rotatable bonds is 3. The van der Waals surface area contributed by atoms with Crippen molar-refractivity contribution >= 4 is 18.9 Å². The van der Waals surface area contributed by atoms with Gasteiger partial charge >= 0.3 is 0 Å². The normalized spacial score (nSPS) is 10.6. The molecule has 1 aromatic rings. The molecule has 2 N–H and O–H groups in total. The SMILES string of the molecule is CCP(CC)c1ccccc1N. The highest BCUT2D eigenvalue weighted by atomic mass is 31.1. The molecule has 0 fully saturated rings. The van der Waals surface area contributed by atoms with Crippen molar-refractivity contribution in [2.45, 2.75) is 13.8 Å². The second kappa shape index (κ2) is 4.47. The fourth-order valence-electron chi connectivity index (χ4n) is 1.34. The first kappa shape index (κ1) is 9.54. The van der Waals surface area contributed by atoms with Crippen molar-refractivity contribution in [2.75, 3.05) is 18.1 Å². The van der Waals surface area contributed by atoms with Gasteiger partial charge in [-0.05, 0) is 23.7 Å². The minimum absolute atomic E-state index is 0.00283. The molecule has 1 rings (SSSR count). The van der Waals surface area contributed by atoms with Crippen LogP contribution in [0.15, 0.2) is 24.3 Å². The highest BCUT2D eigenvalue weighted by Crippen LogP contribution is 2.34. The summed E-state index contributed by atoms with van der Waals surface area (Å²) in [5.41, 5.74) is 6.85. The molecule has 0 saturated carbocycles. The Bertz CT molecular complexity index is 243. The standard InChI is InChI=1S/C10H16NP/c1-3-12(4-2)10-8-6-5-7-9(10)11/h5-8H,3-4,11H2,1-2H3. The van der Waals surface area contributed by atoms with Gasteiger partial charge in [0.2, 0.25) is 0 Å². The van der Waals surface area contributed by atoms with Gasteiger partial charge in [0.25, 0.3) is 0 Å². The largest absolute Gasteiger partial charge is 0.398 e. The summed E-state index contributed by atoms with van der Waals surface area (Å²) in [6, 6.07) is 8.23. The van der Waals surface area contributed by atoms with Crippen LogP contribution in [-0.4, -0.2) is 12.3 Å². The van der Waals surface area contributed by atoms with Crippen LogP contribution in [0.1, 0.15) is 13.8 Å². The minimum atomic E-state index is 0.00283. The van der Waals surface area contributed by atoms with Gasteiger partial charge < -0.3 is 5.73 Å². The first-order valence-corrected chi connectivity index (χ1v) is 6.10. The third kappa shape index (κ3) is 1.98. The Morgan fingerprint density at radius 1 is 1.17 bits per heavy atom. The number of anilines is 1. The summed E-state index contributed by atoms with van der Waals surface area (Å²) in [6.07, 6.45) is 2.47. The number of nitrogen functional groups attached to an aromatic ring is 1. The molecule has 0 unspecified atom stereocenters. The van der Waals surface area contributed by atoms with Gasteiger partial charge in [-0.15, -0.1) is 0 Å². The third-order valence-corrected chi connectivity index (χ3v) is 4.66. The first-order valence-electron chi connectivity index (χ1n) is 4.39. The Balaban J connectivity index is 2.92. The van der Waals surface area contributed by atoms with Crippen LogP contribution < -0.4 is 11.0 Å². The highest BCUT2D eigenvalue weighted by molar-refractivity contribution is 7.65. The highest BCUT2D eigenvalue weighted by Gasteiger charge is 2.07. The van der Waals surface area contributed by atoms with E-state index in [-0.39, 0.29) is 7.92 Å². The Morgan fingerprint density at radius 3 is 2.25 bits per heavy atom. The Labute approximate surface area is 75.7 Å². The van der Waals surface area contributed by atoms with E-state index in [9.17, 15) is 0 Å². The molecule has 0 saturated heterocycles. The molecule has 1 nitrogen and oxygen atoms in total. The summed E-state index contributed by atoms with van der Waals surface area (Å²) in [6.45, 7) is 4.48. The van der Waals surface area contributed by atoms with Crippen LogP contribution in [0.25, 0.3) is 0 Å². The van der Waals surface area contributed by atoms with Gasteiger partial charge in [0.1, 0.15) is 0 Å². The molecule has 0 heterocycles. The summed E-state index contributed by atoms with van der Waals surface area (Å²) in [5.74, 6) is 0. The van der Waals surface area contributed by atoms with Crippen molar-refractivity contribution in [1.29, 1.82) is 0 Å². The van der Waals surface area contributed by atoms with Crippen molar-refractivity contribution in [3.05, 3.63) is 24.3 Å². The lowest BCUT2D eigenvalue weighted by molar-refractivity contribution is 1.42. The summed E-state index contributed by atoms with van der Waals surface area (Å²) in [7, 11) is 0.00283. The van der Waals surface area contributed by atoms with Crippen LogP contribution in [0, 0.1) is 0 Å². The van der Waals surface area contributed by atoms with Gasteiger partial charge in [0, 0.05) is 5.69 Å². The fourth-order valence-corrected chi connectivity index (χ4v) is 3.20. The zero-order valence-corrected chi connectivity index (χ0v) is 8.64. The Kier molecular flexibility index (Phi) is 3.55. The van der Waals surface area contributed by atoms with E-state index in [1.54, 1.807) is 0 Å². The van der Waals surface area contributed by atoms with E-state index in [1.807, 2.05) is 12.1 Å². The molecular weight excluding hydrogens is 165 g/mol. The number of hydrogen-bond donors (Lipinski definition) is 1. The second-order valence-corrected chi connectivity index (χ2v) is 5.56. The van der Waals surface area contributed by atoms with Gasteiger partial charge in [0.05, 0.1) is 0 Å². The van der Waals surface area contributed by atoms with Crippen molar-refractivity contribution in [2.24, 2.45) is 0 Å². The topological polar surface area (TPSA) is 26.0 Å². The maximum Gasteiger partial charge on any atom is 0.0392 e. The molecule has 12 heavy (non-hydrogen) atoms. The minimum Gasteiger partial charge on any atom is -0.398 e. The molecule has 66 valence electrons. The smallest absolute Gasteiger partial charge is 0.0392 e. The Hall–Kier alpha value is -0.550. The number of para-hydroxylation sites is 1. The van der Waals surface area contributed by atoms with Crippen molar-refractivity contribution < 1.29 is 0 Å². The van der Waals surface area contributed by atoms with Crippen molar-refractivity contribution in [3.63, 3.8) is 0 Å². The van der Waals surface area contributed by atoms with Crippen molar-refractivity contribution in [3.8, 4) is 0 Å². The maximum absolute atomic E-state index is 5.89. The van der Waals surface area contributed by atoms with Crippen LogP contribution in [0.2, 0.25) is 0 Å². The predicted molar refractivity (Wildman–Crippen MR) is 58.5 cm³/mol. The molecule has 0 aliphatic carbocycles. The van der Waals surface area contributed by atoms with E-state index >= 15 is 0 Å². The van der Waals surface area contributed by atoms with E-state index in [0.717, 1.165) is 5.69 Å². The zero-order valence-electron chi connectivity index (χ0n) is 7.75. The van der Waals surface area contributed by atoms with Gasteiger partial charge in [0.15, 0.2) is 0 Å². The fraction of sp³-hybridized carbons (Fsp3) is 0.400. The average Bonchev–Trinajstić information content (AvgIpc) is 2.10. The van der Waals surface area contributed by atoms with E-state index in [1.165, 1.54) is 17.6 Å². The molecule has 0 aromatic heterocycles. The average molecular weight is 181 g/mol. The van der Waals surface area contributed by atoms with Gasteiger partial charge in [-0.3, -0.25) is 0 Å². The van der Waals surface area contributed by atoms with Crippen LogP contribution in [0.5, 0.6) is 0 Å². The lowest BCUT2D eigenvalue weighted by Crippen LogP contribution is -2.09. The quantitative estimate of drug-likeness (QED) is 0.562. The summed E-state index contributed by atoms with van der Waals surface area (Å²) >= 11 is 0. The van der Waals surface area contributed by atoms with E-state index in [2.05, 4.69) is 26.0 Å². The van der Waals surface area contributed by atoms with Gasteiger partial charge in [-0.2, -0.15) is 0 Å². The Morgan fingerprint density at radius 2 is 1.75 bits per heavy atom. The molecule has 0 aliphatic rings. The number of hydrogen-bond acceptors (Lipinski definition) is 1. The molecule has 0 bridgehead atoms. The number of nitrogens with two attached hydrogens (primary N) is 1. The summed E-state index contributed by atoms with van der Waals surface area (Å²) in [5, 5.41) is 1.37. The van der Waals surface area contributed by atoms with Crippen LogP contribution in [-0.2, 0) is 0 Å². The van der Waals surface area contributed by atoms with E-state index < -0.39 is 0 Å².